The molecule has 12 nitrogen and oxygen atoms in total. The zero-order chi connectivity index (χ0) is 40.0. The van der Waals surface area contributed by atoms with Gasteiger partial charge in [-0.2, -0.15) is 0 Å². The summed E-state index contributed by atoms with van der Waals surface area (Å²) in [4.78, 5) is 49.0. The van der Waals surface area contributed by atoms with Crippen molar-refractivity contribution in [3.8, 4) is 5.75 Å². The van der Waals surface area contributed by atoms with Gasteiger partial charge in [0.1, 0.15) is 11.4 Å². The zero-order valence-electron chi connectivity index (χ0n) is 34.2. The quantitative estimate of drug-likeness (QED) is 0.142. The highest BCUT2D eigenvalue weighted by atomic mass is 32.1. The van der Waals surface area contributed by atoms with Crippen molar-refractivity contribution in [1.29, 1.82) is 0 Å². The van der Waals surface area contributed by atoms with Crippen molar-refractivity contribution in [3.05, 3.63) is 75.2 Å². The fourth-order valence-electron chi connectivity index (χ4n) is 7.73. The molecule has 4 heterocycles. The Kier molecular flexibility index (Phi) is 15.9. The number of anilines is 1. The fourth-order valence-corrected chi connectivity index (χ4v) is 8.54. The largest absolute Gasteiger partial charge is 0.481 e. The molecule has 2 saturated heterocycles. The maximum Gasteiger partial charge on any atom is 0.273 e. The first-order valence-electron chi connectivity index (χ1n) is 21.0. The number of fused-ring (bicyclic) bond motifs is 1. The predicted molar refractivity (Wildman–Crippen MR) is 224 cm³/mol. The summed E-state index contributed by atoms with van der Waals surface area (Å²) in [5.41, 5.74) is 4.65. The predicted octanol–water partition coefficient (Wildman–Crippen LogP) is 5.56. The normalized spacial score (nSPS) is 16.7. The number of ether oxygens (including phenoxy) is 3. The van der Waals surface area contributed by atoms with E-state index in [1.165, 1.54) is 11.1 Å². The molecule has 3 aliphatic heterocycles. The number of para-hydroxylation sites is 1. The van der Waals surface area contributed by atoms with Gasteiger partial charge in [0.15, 0.2) is 6.61 Å². The maximum atomic E-state index is 13.3. The lowest BCUT2D eigenvalue weighted by atomic mass is 9.89. The number of carbonyl (C=O) groups is 3. The second-order valence-corrected chi connectivity index (χ2v) is 16.8. The van der Waals surface area contributed by atoms with Gasteiger partial charge < -0.3 is 39.5 Å². The van der Waals surface area contributed by atoms with Gasteiger partial charge in [0.25, 0.3) is 11.8 Å². The fraction of sp³-hybridized carbons (Fsp3) is 0.591. The van der Waals surface area contributed by atoms with Crippen molar-refractivity contribution in [2.24, 2.45) is 0 Å². The number of nitrogens with one attached hydrogen (secondary N) is 2. The molecule has 0 bridgehead atoms. The lowest BCUT2D eigenvalue weighted by Gasteiger charge is -2.47. The Balaban J connectivity index is 0.833. The Labute approximate surface area is 342 Å². The standard InChI is InChI=1S/C44H62N6O6S/c1-4-5-21-49(25-20-45-19-13-36-7-6-8-37-41(36)55-30-39(51)46-37)40(52)16-28-54-27-15-35-11-9-34(10-12-35)14-22-48-23-17-44(18-24-48)32-50(26-29-56-44)43(53)38-31-57-42(47-38)33(2)3/h6-12,31,33,45H,4-5,13-30,32H2,1-3H3,(H,46,51). The lowest BCUT2D eigenvalue weighted by molar-refractivity contribution is -0.132. The first kappa shape index (κ1) is 42.7. The minimum Gasteiger partial charge on any atom is -0.481 e. The van der Waals surface area contributed by atoms with Crippen LogP contribution >= 0.6 is 11.3 Å². The van der Waals surface area contributed by atoms with E-state index in [1.807, 2.05) is 33.4 Å². The molecule has 0 saturated carbocycles. The van der Waals surface area contributed by atoms with Crippen LogP contribution in [0, 0.1) is 0 Å². The van der Waals surface area contributed by atoms with E-state index >= 15 is 0 Å². The first-order valence-corrected chi connectivity index (χ1v) is 21.9. The number of thiazole rings is 1. The van der Waals surface area contributed by atoms with Crippen LogP contribution in [-0.4, -0.2) is 128 Å². The Morgan fingerprint density at radius 1 is 1.02 bits per heavy atom. The summed E-state index contributed by atoms with van der Waals surface area (Å²) >= 11 is 1.57. The monoisotopic (exact) mass is 802 g/mol. The number of amides is 3. The molecule has 0 atom stereocenters. The topological polar surface area (TPSA) is 126 Å². The van der Waals surface area contributed by atoms with Gasteiger partial charge in [0.05, 0.1) is 49.1 Å². The second kappa shape index (κ2) is 21.2. The maximum absolute atomic E-state index is 13.3. The van der Waals surface area contributed by atoms with Crippen LogP contribution in [-0.2, 0) is 38.3 Å². The van der Waals surface area contributed by atoms with E-state index in [9.17, 15) is 14.4 Å². The van der Waals surface area contributed by atoms with Crippen LogP contribution in [0.1, 0.15) is 91.0 Å². The van der Waals surface area contributed by atoms with E-state index in [4.69, 9.17) is 14.2 Å². The van der Waals surface area contributed by atoms with E-state index in [0.717, 1.165) is 99.7 Å². The summed E-state index contributed by atoms with van der Waals surface area (Å²) in [6.45, 7) is 15.1. The number of rotatable bonds is 20. The second-order valence-electron chi connectivity index (χ2n) is 15.9. The third-order valence-corrected chi connectivity index (χ3v) is 12.4. The van der Waals surface area contributed by atoms with Gasteiger partial charge in [-0.05, 0) is 67.8 Å². The highest BCUT2D eigenvalue weighted by molar-refractivity contribution is 7.09. The molecule has 6 rings (SSSR count). The molecule has 1 spiro atoms. The minimum absolute atomic E-state index is 0.0312. The van der Waals surface area contributed by atoms with E-state index in [1.54, 1.807) is 11.3 Å². The molecule has 3 aromatic rings. The number of morpholine rings is 1. The van der Waals surface area contributed by atoms with E-state index in [2.05, 4.69) is 65.6 Å². The van der Waals surface area contributed by atoms with E-state index in [0.29, 0.717) is 64.0 Å². The number of nitrogens with zero attached hydrogens (tertiary/aromatic N) is 4. The van der Waals surface area contributed by atoms with Gasteiger partial charge in [0.2, 0.25) is 5.91 Å². The van der Waals surface area contributed by atoms with Crippen molar-refractivity contribution >= 4 is 34.7 Å². The molecule has 3 aliphatic rings. The van der Waals surface area contributed by atoms with Crippen LogP contribution < -0.4 is 15.4 Å². The number of aromatic nitrogens is 1. The number of hydrogen-bond acceptors (Lipinski definition) is 10. The number of benzene rings is 2. The zero-order valence-corrected chi connectivity index (χ0v) is 35.0. The van der Waals surface area contributed by atoms with Crippen molar-refractivity contribution in [3.63, 3.8) is 0 Å². The minimum atomic E-state index is -0.256. The van der Waals surface area contributed by atoms with Gasteiger partial charge in [-0.25, -0.2) is 4.98 Å². The van der Waals surface area contributed by atoms with Crippen LogP contribution in [0.15, 0.2) is 47.8 Å². The van der Waals surface area contributed by atoms with Crippen molar-refractivity contribution < 1.29 is 28.6 Å². The van der Waals surface area contributed by atoms with Gasteiger partial charge in [0, 0.05) is 57.1 Å². The Morgan fingerprint density at radius 2 is 1.81 bits per heavy atom. The summed E-state index contributed by atoms with van der Waals surface area (Å²) in [6, 6.07) is 14.6. The molecule has 13 heteroatoms. The summed E-state index contributed by atoms with van der Waals surface area (Å²) < 4.78 is 17.9. The average Bonchev–Trinajstić information content (AvgIpc) is 3.73. The third-order valence-electron chi connectivity index (χ3n) is 11.3. The van der Waals surface area contributed by atoms with Crippen LogP contribution in [0.5, 0.6) is 5.75 Å². The van der Waals surface area contributed by atoms with Crippen molar-refractivity contribution in [1.82, 2.24) is 25.0 Å². The Hall–Kier alpha value is -3.88. The number of likely N-dealkylation sites (tertiary alicyclic amines) is 1. The number of unbranched alkanes of at least 4 members (excludes halogenated alkanes) is 1. The Bertz CT molecular complexity index is 1760. The SMILES string of the molecule is CCCCN(CCNCCc1cccc2c1OCC(=O)N2)C(=O)CCOCCc1ccc(CCN2CCC3(CC2)CN(C(=O)c2csc(C(C)C)n2)CCO3)cc1. The lowest BCUT2D eigenvalue weighted by Crippen LogP contribution is -2.58. The molecule has 2 fully saturated rings. The van der Waals surface area contributed by atoms with Crippen LogP contribution in [0.2, 0.25) is 0 Å². The summed E-state index contributed by atoms with van der Waals surface area (Å²) in [5, 5.41) is 9.24. The van der Waals surface area contributed by atoms with Crippen LogP contribution in [0.25, 0.3) is 0 Å². The molecule has 2 N–H and O–H groups in total. The smallest absolute Gasteiger partial charge is 0.273 e. The first-order chi connectivity index (χ1) is 27.7. The van der Waals surface area contributed by atoms with Crippen molar-refractivity contribution in [2.75, 3.05) is 90.6 Å². The van der Waals surface area contributed by atoms with Crippen LogP contribution in [0.3, 0.4) is 0 Å². The van der Waals surface area contributed by atoms with Gasteiger partial charge >= 0.3 is 0 Å². The highest BCUT2D eigenvalue weighted by Crippen LogP contribution is 2.33. The van der Waals surface area contributed by atoms with Gasteiger partial charge in [-0.15, -0.1) is 11.3 Å². The Morgan fingerprint density at radius 3 is 2.56 bits per heavy atom. The van der Waals surface area contributed by atoms with Gasteiger partial charge in [-0.3, -0.25) is 14.4 Å². The molecule has 1 aromatic heterocycles. The van der Waals surface area contributed by atoms with Crippen molar-refractivity contribution in [2.45, 2.75) is 83.7 Å². The molecule has 57 heavy (non-hydrogen) atoms. The molecule has 0 aliphatic carbocycles. The molecule has 0 unspecified atom stereocenters. The summed E-state index contributed by atoms with van der Waals surface area (Å²) in [6.07, 6.45) is 6.84. The van der Waals surface area contributed by atoms with Crippen LogP contribution in [0.4, 0.5) is 5.69 Å². The van der Waals surface area contributed by atoms with E-state index < -0.39 is 0 Å². The average molecular weight is 803 g/mol. The number of hydrogen-bond donors (Lipinski definition) is 2. The van der Waals surface area contributed by atoms with E-state index in [-0.39, 0.29) is 29.9 Å². The molecule has 2 aromatic carbocycles. The molecular weight excluding hydrogens is 741 g/mol. The third kappa shape index (κ3) is 12.3. The molecule has 310 valence electrons. The number of carbonyl (C=O) groups excluding carboxylic acids is 3. The summed E-state index contributed by atoms with van der Waals surface area (Å²) in [7, 11) is 0. The highest BCUT2D eigenvalue weighted by Gasteiger charge is 2.41. The molecule has 3 amide bonds. The molecular formula is C44H62N6O6S. The van der Waals surface area contributed by atoms with Gasteiger partial charge in [-0.1, -0.05) is 63.6 Å². The molecule has 0 radical (unpaired) electrons. The number of piperidine rings is 1. The summed E-state index contributed by atoms with van der Waals surface area (Å²) in [5.74, 6) is 1.11.